The molecule has 0 aliphatic heterocycles. The van der Waals surface area contributed by atoms with Crippen molar-refractivity contribution in [2.45, 2.75) is 96.1 Å². The first-order valence-corrected chi connectivity index (χ1v) is 10.7. The van der Waals surface area contributed by atoms with Crippen LogP contribution >= 0.6 is 0 Å². The van der Waals surface area contributed by atoms with Gasteiger partial charge in [0.15, 0.2) is 0 Å². The summed E-state index contributed by atoms with van der Waals surface area (Å²) in [5.74, 6) is 0. The fourth-order valence-corrected chi connectivity index (χ4v) is 4.12. The van der Waals surface area contributed by atoms with Gasteiger partial charge < -0.3 is 10.1 Å². The topological polar surface area (TPSA) is 21.3 Å². The summed E-state index contributed by atoms with van der Waals surface area (Å²) >= 11 is 0. The Bertz CT molecular complexity index is 459. The molecule has 1 aliphatic carbocycles. The molecule has 142 valence electrons. The number of benzene rings is 1. The molecular weight excluding hydrogens is 306 g/mol. The van der Waals surface area contributed by atoms with E-state index in [2.05, 4.69) is 36.5 Å². The van der Waals surface area contributed by atoms with Crippen molar-refractivity contribution < 1.29 is 4.74 Å². The summed E-state index contributed by atoms with van der Waals surface area (Å²) in [7, 11) is 1.85. The van der Waals surface area contributed by atoms with E-state index in [9.17, 15) is 0 Å². The van der Waals surface area contributed by atoms with Gasteiger partial charge in [-0.2, -0.15) is 0 Å². The van der Waals surface area contributed by atoms with E-state index >= 15 is 0 Å². The van der Waals surface area contributed by atoms with Crippen molar-refractivity contribution in [2.75, 3.05) is 13.7 Å². The van der Waals surface area contributed by atoms with Gasteiger partial charge in [-0.1, -0.05) is 89.0 Å². The highest BCUT2D eigenvalue weighted by Gasteiger charge is 2.28. The fraction of sp³-hybridized carbons (Fsp3) is 0.739. The van der Waals surface area contributed by atoms with E-state index in [0.717, 1.165) is 6.54 Å². The van der Waals surface area contributed by atoms with Crippen LogP contribution < -0.4 is 5.32 Å². The molecule has 0 saturated heterocycles. The number of aryl methyl sites for hydroxylation is 1. The van der Waals surface area contributed by atoms with Crippen molar-refractivity contribution in [2.24, 2.45) is 0 Å². The summed E-state index contributed by atoms with van der Waals surface area (Å²) in [6.07, 6.45) is 16.6. The van der Waals surface area contributed by atoms with E-state index < -0.39 is 0 Å². The van der Waals surface area contributed by atoms with E-state index in [-0.39, 0.29) is 6.10 Å². The molecule has 2 rings (SSSR count). The Hall–Kier alpha value is -0.860. The van der Waals surface area contributed by atoms with Gasteiger partial charge in [0, 0.05) is 13.2 Å². The quantitative estimate of drug-likeness (QED) is 0.430. The normalized spacial score (nSPS) is 19.8. The van der Waals surface area contributed by atoms with E-state index in [0.29, 0.717) is 6.04 Å². The summed E-state index contributed by atoms with van der Waals surface area (Å²) in [4.78, 5) is 0. The van der Waals surface area contributed by atoms with Crippen LogP contribution in [0.1, 0.15) is 94.8 Å². The second-order valence-corrected chi connectivity index (χ2v) is 7.64. The maximum Gasteiger partial charge on any atom is 0.0976 e. The first-order valence-electron chi connectivity index (χ1n) is 10.7. The zero-order valence-corrected chi connectivity index (χ0v) is 16.6. The van der Waals surface area contributed by atoms with Gasteiger partial charge in [0.05, 0.1) is 6.10 Å². The molecule has 2 nitrogen and oxygen atoms in total. The maximum atomic E-state index is 5.82. The number of hydrogen-bond donors (Lipinski definition) is 1. The smallest absolute Gasteiger partial charge is 0.0976 e. The predicted octanol–water partition coefficient (Wildman–Crippen LogP) is 6.20. The molecule has 0 spiro atoms. The molecule has 0 heterocycles. The zero-order valence-electron chi connectivity index (χ0n) is 16.6. The Morgan fingerprint density at radius 1 is 0.920 bits per heavy atom. The van der Waals surface area contributed by atoms with Crippen LogP contribution in [0.3, 0.4) is 0 Å². The minimum absolute atomic E-state index is 0.216. The first-order chi connectivity index (χ1) is 12.4. The molecule has 1 aromatic carbocycles. The van der Waals surface area contributed by atoms with Gasteiger partial charge in [0.1, 0.15) is 0 Å². The number of hydrogen-bond acceptors (Lipinski definition) is 2. The molecule has 2 unspecified atom stereocenters. The molecule has 0 bridgehead atoms. The largest absolute Gasteiger partial charge is 0.375 e. The van der Waals surface area contributed by atoms with Gasteiger partial charge in [0.2, 0.25) is 0 Å². The van der Waals surface area contributed by atoms with Gasteiger partial charge in [0.25, 0.3) is 0 Å². The van der Waals surface area contributed by atoms with E-state index in [4.69, 9.17) is 4.74 Å². The highest BCUT2D eigenvalue weighted by Crippen LogP contribution is 2.32. The van der Waals surface area contributed by atoms with Crippen molar-refractivity contribution in [3.8, 4) is 0 Å². The minimum Gasteiger partial charge on any atom is -0.375 e. The molecule has 2 atom stereocenters. The summed E-state index contributed by atoms with van der Waals surface area (Å²) in [6.45, 7) is 3.41. The standard InChI is InChI=1S/C23H39NO/c1-3-4-5-6-7-8-9-10-11-14-19-24-22-18-17-20-15-12-13-16-21(20)23(22)25-2/h12-13,15-16,22-24H,3-11,14,17-19H2,1-2H3. The minimum atomic E-state index is 0.216. The van der Waals surface area contributed by atoms with Gasteiger partial charge in [-0.15, -0.1) is 0 Å². The highest BCUT2D eigenvalue weighted by atomic mass is 16.5. The lowest BCUT2D eigenvalue weighted by Gasteiger charge is -2.33. The molecule has 0 fully saturated rings. The van der Waals surface area contributed by atoms with Crippen molar-refractivity contribution in [1.82, 2.24) is 5.32 Å². The van der Waals surface area contributed by atoms with Crippen molar-refractivity contribution >= 4 is 0 Å². The molecule has 0 radical (unpaired) electrons. The monoisotopic (exact) mass is 345 g/mol. The molecule has 0 aromatic heterocycles. The molecule has 1 aromatic rings. The van der Waals surface area contributed by atoms with Crippen molar-refractivity contribution in [3.05, 3.63) is 35.4 Å². The van der Waals surface area contributed by atoms with E-state index in [1.807, 2.05) is 7.11 Å². The molecule has 1 N–H and O–H groups in total. The van der Waals surface area contributed by atoms with Gasteiger partial charge in [-0.3, -0.25) is 0 Å². The Balaban J connectivity index is 1.54. The van der Waals surface area contributed by atoms with Gasteiger partial charge in [-0.05, 0) is 36.9 Å². The van der Waals surface area contributed by atoms with Crippen LogP contribution in [0.15, 0.2) is 24.3 Å². The average molecular weight is 346 g/mol. The first kappa shape index (κ1) is 20.5. The number of unbranched alkanes of at least 4 members (excludes halogenated alkanes) is 9. The second-order valence-electron chi connectivity index (χ2n) is 7.64. The summed E-state index contributed by atoms with van der Waals surface area (Å²) in [6, 6.07) is 9.23. The number of methoxy groups -OCH3 is 1. The molecule has 0 amide bonds. The average Bonchev–Trinajstić information content (AvgIpc) is 2.65. The Morgan fingerprint density at radius 2 is 1.56 bits per heavy atom. The van der Waals surface area contributed by atoms with Crippen LogP contribution in [-0.2, 0) is 11.2 Å². The third kappa shape index (κ3) is 7.11. The van der Waals surface area contributed by atoms with Gasteiger partial charge >= 0.3 is 0 Å². The molecular formula is C23H39NO. The molecule has 0 saturated carbocycles. The Labute approximate surface area is 155 Å². The number of ether oxygens (including phenoxy) is 1. The molecule has 1 aliphatic rings. The number of nitrogens with one attached hydrogen (secondary N) is 1. The lowest BCUT2D eigenvalue weighted by atomic mass is 9.85. The summed E-state index contributed by atoms with van der Waals surface area (Å²) < 4.78 is 5.82. The van der Waals surface area contributed by atoms with E-state index in [1.165, 1.54) is 88.2 Å². The second kappa shape index (κ2) is 12.5. The van der Waals surface area contributed by atoms with Crippen LogP contribution in [0, 0.1) is 0 Å². The van der Waals surface area contributed by atoms with Crippen LogP contribution in [0.2, 0.25) is 0 Å². The summed E-state index contributed by atoms with van der Waals surface area (Å²) in [5, 5.41) is 3.76. The number of rotatable bonds is 13. The van der Waals surface area contributed by atoms with Crippen LogP contribution in [-0.4, -0.2) is 19.7 Å². The Kier molecular flexibility index (Phi) is 10.2. The third-order valence-electron chi connectivity index (χ3n) is 5.64. The fourth-order valence-electron chi connectivity index (χ4n) is 4.12. The highest BCUT2D eigenvalue weighted by molar-refractivity contribution is 5.32. The maximum absolute atomic E-state index is 5.82. The Morgan fingerprint density at radius 3 is 2.24 bits per heavy atom. The van der Waals surface area contributed by atoms with Crippen LogP contribution in [0.5, 0.6) is 0 Å². The van der Waals surface area contributed by atoms with Crippen molar-refractivity contribution in [3.63, 3.8) is 0 Å². The zero-order chi connectivity index (χ0) is 17.7. The van der Waals surface area contributed by atoms with Crippen molar-refractivity contribution in [1.29, 1.82) is 0 Å². The SMILES string of the molecule is CCCCCCCCCCCCNC1CCc2ccccc2C1OC. The predicted molar refractivity (Wildman–Crippen MR) is 108 cm³/mol. The summed E-state index contributed by atoms with van der Waals surface area (Å²) in [5.41, 5.74) is 2.85. The lowest BCUT2D eigenvalue weighted by Crippen LogP contribution is -2.39. The van der Waals surface area contributed by atoms with E-state index in [1.54, 1.807) is 0 Å². The van der Waals surface area contributed by atoms with Gasteiger partial charge in [-0.25, -0.2) is 0 Å². The number of fused-ring (bicyclic) bond motifs is 1. The molecule has 2 heteroatoms. The lowest BCUT2D eigenvalue weighted by molar-refractivity contribution is 0.0584. The third-order valence-corrected chi connectivity index (χ3v) is 5.64. The van der Waals surface area contributed by atoms with Crippen LogP contribution in [0.4, 0.5) is 0 Å². The van der Waals surface area contributed by atoms with Crippen LogP contribution in [0.25, 0.3) is 0 Å². The molecule has 25 heavy (non-hydrogen) atoms.